The van der Waals surface area contributed by atoms with Crippen LogP contribution in [-0.4, -0.2) is 24.0 Å². The maximum atomic E-state index is 12.4. The van der Waals surface area contributed by atoms with Crippen molar-refractivity contribution < 1.29 is 19.1 Å². The normalized spacial score (nSPS) is 10.5. The second kappa shape index (κ2) is 11.2. The third-order valence-corrected chi connectivity index (χ3v) is 4.94. The molecule has 35 heavy (non-hydrogen) atoms. The fraction of sp³-hybridized carbons (Fsp3) is 0. The highest BCUT2D eigenvalue weighted by Gasteiger charge is 2.11. The second-order valence-corrected chi connectivity index (χ2v) is 7.39. The Morgan fingerprint density at radius 1 is 0.629 bits per heavy atom. The van der Waals surface area contributed by atoms with Crippen LogP contribution in [0.3, 0.4) is 0 Å². The summed E-state index contributed by atoms with van der Waals surface area (Å²) in [6.07, 6.45) is 1.40. The summed E-state index contributed by atoms with van der Waals surface area (Å²) >= 11 is 0. The second-order valence-electron chi connectivity index (χ2n) is 7.39. The largest absolute Gasteiger partial charge is 0.422 e. The molecule has 7 nitrogen and oxygen atoms in total. The Labute approximate surface area is 202 Å². The number of amides is 2. The first-order valence-electron chi connectivity index (χ1n) is 10.8. The van der Waals surface area contributed by atoms with Crippen LogP contribution in [0.1, 0.15) is 36.6 Å². The third kappa shape index (κ3) is 6.27. The number of rotatable bonds is 7. The minimum absolute atomic E-state index is 0.237. The molecule has 0 aliphatic rings. The molecule has 0 bridgehead atoms. The van der Waals surface area contributed by atoms with Crippen LogP contribution < -0.4 is 15.5 Å². The van der Waals surface area contributed by atoms with Gasteiger partial charge in [0.15, 0.2) is 0 Å². The van der Waals surface area contributed by atoms with Crippen LogP contribution in [0.15, 0.2) is 114 Å². The van der Waals surface area contributed by atoms with Crippen LogP contribution in [0.4, 0.5) is 5.69 Å². The van der Waals surface area contributed by atoms with Gasteiger partial charge in [0.2, 0.25) is 0 Å². The summed E-state index contributed by atoms with van der Waals surface area (Å²) < 4.78 is 5.47. The monoisotopic (exact) mass is 463 g/mol. The Hall–Kier alpha value is -5.04. The van der Waals surface area contributed by atoms with Crippen LogP contribution in [0.25, 0.3) is 0 Å². The molecule has 0 heterocycles. The first-order chi connectivity index (χ1) is 17.1. The molecule has 0 radical (unpaired) electrons. The van der Waals surface area contributed by atoms with E-state index in [9.17, 15) is 14.4 Å². The average Bonchev–Trinajstić information content (AvgIpc) is 2.91. The van der Waals surface area contributed by atoms with E-state index in [2.05, 4.69) is 15.8 Å². The standard InChI is InChI=1S/C28H21N3O4/c32-26(20-9-3-1-4-10-20)30-24-17-15-21(16-18-24)27(33)31-29-19-23-13-7-8-14-25(23)35-28(34)22-11-5-2-6-12-22/h1-19H,(H,30,32)(H,31,33)/b29-19+. The Morgan fingerprint density at radius 2 is 1.20 bits per heavy atom. The molecule has 7 heteroatoms. The quantitative estimate of drug-likeness (QED) is 0.176. The Balaban J connectivity index is 1.35. The number of para-hydroxylation sites is 1. The Bertz CT molecular complexity index is 1350. The summed E-state index contributed by atoms with van der Waals surface area (Å²) in [5, 5.41) is 6.76. The molecule has 0 spiro atoms. The number of hydrazone groups is 1. The van der Waals surface area contributed by atoms with Crippen LogP contribution in [0.2, 0.25) is 0 Å². The highest BCUT2D eigenvalue weighted by Crippen LogP contribution is 2.18. The lowest BCUT2D eigenvalue weighted by atomic mass is 10.1. The summed E-state index contributed by atoms with van der Waals surface area (Å²) in [4.78, 5) is 37.0. The number of carbonyl (C=O) groups excluding carboxylic acids is 3. The van der Waals surface area contributed by atoms with Gasteiger partial charge in [0.25, 0.3) is 11.8 Å². The molecule has 0 aliphatic carbocycles. The maximum Gasteiger partial charge on any atom is 0.343 e. The van der Waals surface area contributed by atoms with E-state index >= 15 is 0 Å². The van der Waals surface area contributed by atoms with Gasteiger partial charge < -0.3 is 10.1 Å². The van der Waals surface area contributed by atoms with Crippen molar-refractivity contribution in [1.29, 1.82) is 0 Å². The lowest BCUT2D eigenvalue weighted by Gasteiger charge is -2.07. The Kier molecular flexibility index (Phi) is 7.40. The molecular formula is C28H21N3O4. The fourth-order valence-electron chi connectivity index (χ4n) is 3.14. The number of hydrogen-bond acceptors (Lipinski definition) is 5. The minimum Gasteiger partial charge on any atom is -0.422 e. The van der Waals surface area contributed by atoms with Gasteiger partial charge in [-0.2, -0.15) is 5.10 Å². The number of ether oxygens (including phenoxy) is 1. The number of nitrogens with one attached hydrogen (secondary N) is 2. The summed E-state index contributed by atoms with van der Waals surface area (Å²) in [7, 11) is 0. The van der Waals surface area contributed by atoms with Crippen molar-refractivity contribution in [2.24, 2.45) is 5.10 Å². The Morgan fingerprint density at radius 3 is 1.89 bits per heavy atom. The van der Waals surface area contributed by atoms with Gasteiger partial charge in [0, 0.05) is 22.4 Å². The van der Waals surface area contributed by atoms with Gasteiger partial charge in [0.1, 0.15) is 5.75 Å². The van der Waals surface area contributed by atoms with Crippen LogP contribution in [-0.2, 0) is 0 Å². The van der Waals surface area contributed by atoms with Gasteiger partial charge >= 0.3 is 5.97 Å². The first-order valence-corrected chi connectivity index (χ1v) is 10.8. The SMILES string of the molecule is O=C(N/N=C/c1ccccc1OC(=O)c1ccccc1)c1ccc(NC(=O)c2ccccc2)cc1. The van der Waals surface area contributed by atoms with Crippen molar-refractivity contribution in [3.63, 3.8) is 0 Å². The zero-order valence-electron chi connectivity index (χ0n) is 18.5. The summed E-state index contributed by atoms with van der Waals surface area (Å²) in [6, 6.07) is 30.8. The molecule has 2 N–H and O–H groups in total. The zero-order chi connectivity index (χ0) is 24.5. The molecule has 0 unspecified atom stereocenters. The summed E-state index contributed by atoms with van der Waals surface area (Å²) in [6.45, 7) is 0. The minimum atomic E-state index is -0.491. The van der Waals surface area contributed by atoms with Crippen molar-refractivity contribution in [1.82, 2.24) is 5.43 Å². The number of nitrogens with zero attached hydrogens (tertiary/aromatic N) is 1. The molecule has 4 aromatic carbocycles. The number of esters is 1. The lowest BCUT2D eigenvalue weighted by molar-refractivity contribution is 0.0734. The van der Waals surface area contributed by atoms with Crippen LogP contribution in [0.5, 0.6) is 5.75 Å². The predicted molar refractivity (Wildman–Crippen MR) is 134 cm³/mol. The van der Waals surface area contributed by atoms with Crippen LogP contribution in [0, 0.1) is 0 Å². The number of hydrogen-bond donors (Lipinski definition) is 2. The molecule has 2 amide bonds. The molecule has 4 rings (SSSR count). The van der Waals surface area contributed by atoms with E-state index in [1.807, 2.05) is 12.1 Å². The molecule has 0 atom stereocenters. The smallest absolute Gasteiger partial charge is 0.343 e. The number of anilines is 1. The highest BCUT2D eigenvalue weighted by atomic mass is 16.5. The van der Waals surface area contributed by atoms with Crippen molar-refractivity contribution in [3.8, 4) is 5.75 Å². The molecule has 172 valence electrons. The fourth-order valence-corrected chi connectivity index (χ4v) is 3.14. The summed E-state index contributed by atoms with van der Waals surface area (Å²) in [5.74, 6) is -0.840. The highest BCUT2D eigenvalue weighted by molar-refractivity contribution is 6.04. The average molecular weight is 463 g/mol. The topological polar surface area (TPSA) is 96.9 Å². The summed E-state index contributed by atoms with van der Waals surface area (Å²) in [5.41, 5.74) is 4.87. The van der Waals surface area contributed by atoms with Gasteiger partial charge in [-0.1, -0.05) is 48.5 Å². The van der Waals surface area contributed by atoms with Gasteiger partial charge in [-0.25, -0.2) is 10.2 Å². The van der Waals surface area contributed by atoms with Gasteiger partial charge in [-0.05, 0) is 60.7 Å². The maximum absolute atomic E-state index is 12.4. The van der Waals surface area contributed by atoms with E-state index < -0.39 is 11.9 Å². The van der Waals surface area contributed by atoms with Gasteiger partial charge in [0.05, 0.1) is 11.8 Å². The molecular weight excluding hydrogens is 442 g/mol. The van der Waals surface area contributed by atoms with Crippen molar-refractivity contribution >= 4 is 29.7 Å². The number of benzene rings is 4. The van der Waals surface area contributed by atoms with E-state index in [0.29, 0.717) is 33.7 Å². The molecule has 0 aromatic heterocycles. The predicted octanol–water partition coefficient (Wildman–Crippen LogP) is 4.92. The molecule has 0 saturated carbocycles. The first kappa shape index (κ1) is 23.1. The lowest BCUT2D eigenvalue weighted by Crippen LogP contribution is -2.18. The molecule has 0 aliphatic heterocycles. The van der Waals surface area contributed by atoms with Crippen molar-refractivity contribution in [2.45, 2.75) is 0 Å². The molecule has 0 fully saturated rings. The molecule has 4 aromatic rings. The van der Waals surface area contributed by atoms with Crippen molar-refractivity contribution in [2.75, 3.05) is 5.32 Å². The van der Waals surface area contributed by atoms with Crippen molar-refractivity contribution in [3.05, 3.63) is 131 Å². The third-order valence-electron chi connectivity index (χ3n) is 4.94. The van der Waals surface area contributed by atoms with E-state index in [-0.39, 0.29) is 5.91 Å². The van der Waals surface area contributed by atoms with Crippen LogP contribution >= 0.6 is 0 Å². The van der Waals surface area contributed by atoms with Gasteiger partial charge in [-0.15, -0.1) is 0 Å². The molecule has 0 saturated heterocycles. The van der Waals surface area contributed by atoms with Gasteiger partial charge in [-0.3, -0.25) is 9.59 Å². The van der Waals surface area contributed by atoms with E-state index in [1.54, 1.807) is 97.1 Å². The van der Waals surface area contributed by atoms with E-state index in [0.717, 1.165) is 0 Å². The van der Waals surface area contributed by atoms with E-state index in [1.165, 1.54) is 6.21 Å². The number of carbonyl (C=O) groups is 3. The van der Waals surface area contributed by atoms with E-state index in [4.69, 9.17) is 4.74 Å². The zero-order valence-corrected chi connectivity index (χ0v) is 18.5.